The van der Waals surface area contributed by atoms with Crippen molar-refractivity contribution in [2.45, 2.75) is 52.9 Å². The molecule has 0 radical (unpaired) electrons. The van der Waals surface area contributed by atoms with Crippen LogP contribution >= 0.6 is 0 Å². The van der Waals surface area contributed by atoms with Gasteiger partial charge in [-0.1, -0.05) is 12.1 Å². The van der Waals surface area contributed by atoms with Crippen molar-refractivity contribution in [3.05, 3.63) is 29.3 Å². The highest BCUT2D eigenvalue weighted by molar-refractivity contribution is 5.81. The summed E-state index contributed by atoms with van der Waals surface area (Å²) in [6.07, 6.45) is 0.243. The lowest BCUT2D eigenvalue weighted by Gasteiger charge is -2.42. The Morgan fingerprint density at radius 1 is 1.08 bits per heavy atom. The van der Waals surface area contributed by atoms with E-state index in [9.17, 15) is 4.79 Å². The predicted octanol–water partition coefficient (Wildman–Crippen LogP) is 2.45. The summed E-state index contributed by atoms with van der Waals surface area (Å²) in [6, 6.07) is 6.45. The first kappa shape index (κ1) is 19.2. The van der Waals surface area contributed by atoms with Crippen LogP contribution in [0.3, 0.4) is 0 Å². The standard InChI is InChI=1S/C21H33N3O2/c1-15-7-6-8-20(18(15)4)23-11-9-22(10-12-23)19(5)21(25)24-13-16(2)26-17(3)14-24/h6-8,16-17,19H,9-14H2,1-5H3/t16-,17-,19-/m1/s1. The Bertz CT molecular complexity index is 630. The van der Waals surface area contributed by atoms with Crippen LogP contribution in [-0.4, -0.2) is 73.2 Å². The number of morpholine rings is 1. The molecule has 1 aromatic carbocycles. The van der Waals surface area contributed by atoms with Crippen molar-refractivity contribution in [3.8, 4) is 0 Å². The van der Waals surface area contributed by atoms with Crippen molar-refractivity contribution in [3.63, 3.8) is 0 Å². The second kappa shape index (κ2) is 7.97. The molecule has 1 aromatic rings. The number of benzene rings is 1. The summed E-state index contributed by atoms with van der Waals surface area (Å²) in [5, 5.41) is 0. The molecule has 5 nitrogen and oxygen atoms in total. The zero-order valence-electron chi connectivity index (χ0n) is 16.9. The highest BCUT2D eigenvalue weighted by Gasteiger charge is 2.32. The van der Waals surface area contributed by atoms with Crippen LogP contribution in [0.5, 0.6) is 0 Å². The van der Waals surface area contributed by atoms with Crippen LogP contribution in [0.1, 0.15) is 31.9 Å². The van der Waals surface area contributed by atoms with Gasteiger partial charge >= 0.3 is 0 Å². The first-order valence-electron chi connectivity index (χ1n) is 9.86. The minimum absolute atomic E-state index is 0.0618. The third kappa shape index (κ3) is 4.04. The van der Waals surface area contributed by atoms with E-state index in [0.29, 0.717) is 13.1 Å². The van der Waals surface area contributed by atoms with Gasteiger partial charge in [0.15, 0.2) is 0 Å². The van der Waals surface area contributed by atoms with Gasteiger partial charge in [0.05, 0.1) is 18.2 Å². The largest absolute Gasteiger partial charge is 0.372 e. The van der Waals surface area contributed by atoms with Gasteiger partial charge in [0.25, 0.3) is 0 Å². The number of anilines is 1. The summed E-state index contributed by atoms with van der Waals surface area (Å²) in [6.45, 7) is 15.7. The number of amides is 1. The van der Waals surface area contributed by atoms with Crippen LogP contribution in [-0.2, 0) is 9.53 Å². The van der Waals surface area contributed by atoms with E-state index in [1.54, 1.807) is 0 Å². The summed E-state index contributed by atoms with van der Waals surface area (Å²) < 4.78 is 5.76. The Labute approximate surface area is 157 Å². The third-order valence-corrected chi connectivity index (χ3v) is 5.87. The number of hydrogen-bond acceptors (Lipinski definition) is 4. The van der Waals surface area contributed by atoms with E-state index in [-0.39, 0.29) is 24.2 Å². The summed E-state index contributed by atoms with van der Waals surface area (Å²) >= 11 is 0. The maximum Gasteiger partial charge on any atom is 0.239 e. The molecule has 144 valence electrons. The summed E-state index contributed by atoms with van der Waals surface area (Å²) in [5.41, 5.74) is 4.03. The Hall–Kier alpha value is -1.59. The Morgan fingerprint density at radius 2 is 1.69 bits per heavy atom. The zero-order chi connectivity index (χ0) is 18.8. The van der Waals surface area contributed by atoms with Crippen LogP contribution in [0.2, 0.25) is 0 Å². The molecule has 26 heavy (non-hydrogen) atoms. The summed E-state index contributed by atoms with van der Waals surface area (Å²) in [7, 11) is 0. The van der Waals surface area contributed by atoms with Gasteiger partial charge in [0, 0.05) is 45.0 Å². The molecular formula is C21H33N3O2. The molecule has 0 aliphatic carbocycles. The van der Waals surface area contributed by atoms with E-state index in [2.05, 4.69) is 48.8 Å². The molecule has 5 heteroatoms. The van der Waals surface area contributed by atoms with Crippen molar-refractivity contribution in [1.29, 1.82) is 0 Å². The maximum absolute atomic E-state index is 13.0. The lowest BCUT2D eigenvalue weighted by molar-refractivity contribution is -0.148. The second-order valence-corrected chi connectivity index (χ2v) is 7.92. The molecule has 0 N–H and O–H groups in total. The number of carbonyl (C=O) groups is 1. The second-order valence-electron chi connectivity index (χ2n) is 7.92. The fourth-order valence-electron chi connectivity index (χ4n) is 4.21. The lowest BCUT2D eigenvalue weighted by Crippen LogP contribution is -2.57. The fourth-order valence-corrected chi connectivity index (χ4v) is 4.21. The lowest BCUT2D eigenvalue weighted by atomic mass is 10.1. The average Bonchev–Trinajstić information content (AvgIpc) is 2.62. The van der Waals surface area contributed by atoms with E-state index < -0.39 is 0 Å². The minimum atomic E-state index is -0.0618. The molecule has 0 aromatic heterocycles. The molecular weight excluding hydrogens is 326 g/mol. The van der Waals surface area contributed by atoms with Crippen molar-refractivity contribution in [2.24, 2.45) is 0 Å². The first-order valence-corrected chi connectivity index (χ1v) is 9.86. The van der Waals surface area contributed by atoms with Gasteiger partial charge < -0.3 is 14.5 Å². The van der Waals surface area contributed by atoms with Crippen LogP contribution in [0.15, 0.2) is 18.2 Å². The number of piperazine rings is 1. The van der Waals surface area contributed by atoms with Crippen molar-refractivity contribution < 1.29 is 9.53 Å². The number of rotatable bonds is 3. The van der Waals surface area contributed by atoms with Gasteiger partial charge in [0.1, 0.15) is 0 Å². The molecule has 2 heterocycles. The van der Waals surface area contributed by atoms with Gasteiger partial charge in [-0.2, -0.15) is 0 Å². The Morgan fingerprint density at radius 3 is 2.31 bits per heavy atom. The van der Waals surface area contributed by atoms with Gasteiger partial charge in [-0.05, 0) is 51.8 Å². The van der Waals surface area contributed by atoms with Crippen molar-refractivity contribution >= 4 is 11.6 Å². The number of carbonyl (C=O) groups excluding carboxylic acids is 1. The smallest absolute Gasteiger partial charge is 0.239 e. The molecule has 0 bridgehead atoms. The molecule has 2 aliphatic rings. The normalized spacial score (nSPS) is 26.0. The summed E-state index contributed by atoms with van der Waals surface area (Å²) in [5.74, 6) is 0.243. The average molecular weight is 360 g/mol. The van der Waals surface area contributed by atoms with E-state index in [4.69, 9.17) is 4.74 Å². The number of ether oxygens (including phenoxy) is 1. The van der Waals surface area contributed by atoms with Gasteiger partial charge in [-0.3, -0.25) is 9.69 Å². The molecule has 2 fully saturated rings. The zero-order valence-corrected chi connectivity index (χ0v) is 16.9. The van der Waals surface area contributed by atoms with E-state index in [1.807, 2.05) is 18.7 Å². The fraction of sp³-hybridized carbons (Fsp3) is 0.667. The van der Waals surface area contributed by atoms with E-state index >= 15 is 0 Å². The van der Waals surface area contributed by atoms with E-state index in [1.165, 1.54) is 16.8 Å². The molecule has 1 amide bonds. The van der Waals surface area contributed by atoms with Gasteiger partial charge in [-0.25, -0.2) is 0 Å². The van der Waals surface area contributed by atoms with Crippen LogP contribution < -0.4 is 4.90 Å². The minimum Gasteiger partial charge on any atom is -0.372 e. The quantitative estimate of drug-likeness (QED) is 0.831. The number of nitrogens with zero attached hydrogens (tertiary/aromatic N) is 3. The first-order chi connectivity index (χ1) is 12.4. The van der Waals surface area contributed by atoms with Gasteiger partial charge in [-0.15, -0.1) is 0 Å². The Kier molecular flexibility index (Phi) is 5.88. The molecule has 0 saturated carbocycles. The molecule has 2 saturated heterocycles. The van der Waals surface area contributed by atoms with Crippen molar-refractivity contribution in [2.75, 3.05) is 44.2 Å². The van der Waals surface area contributed by atoms with Gasteiger partial charge in [0.2, 0.25) is 5.91 Å². The van der Waals surface area contributed by atoms with Crippen LogP contribution in [0.4, 0.5) is 5.69 Å². The third-order valence-electron chi connectivity index (χ3n) is 5.87. The Balaban J connectivity index is 1.59. The number of hydrogen-bond donors (Lipinski definition) is 0. The van der Waals surface area contributed by atoms with E-state index in [0.717, 1.165) is 26.2 Å². The van der Waals surface area contributed by atoms with Crippen LogP contribution in [0.25, 0.3) is 0 Å². The van der Waals surface area contributed by atoms with Crippen LogP contribution in [0, 0.1) is 13.8 Å². The highest BCUT2D eigenvalue weighted by Crippen LogP contribution is 2.24. The maximum atomic E-state index is 13.0. The van der Waals surface area contributed by atoms with Crippen molar-refractivity contribution in [1.82, 2.24) is 9.80 Å². The topological polar surface area (TPSA) is 36.0 Å². The predicted molar refractivity (Wildman–Crippen MR) is 106 cm³/mol. The SMILES string of the molecule is Cc1cccc(N2CCN([C@H](C)C(=O)N3C[C@@H](C)O[C@H](C)C3)CC2)c1C. The molecule has 0 unspecified atom stereocenters. The summed E-state index contributed by atoms with van der Waals surface area (Å²) in [4.78, 5) is 19.7. The molecule has 3 rings (SSSR count). The monoisotopic (exact) mass is 359 g/mol. The number of aryl methyl sites for hydroxylation is 1. The molecule has 0 spiro atoms. The molecule has 3 atom stereocenters. The highest BCUT2D eigenvalue weighted by atomic mass is 16.5. The molecule has 2 aliphatic heterocycles.